The van der Waals surface area contributed by atoms with Crippen LogP contribution in [0.5, 0.6) is 11.5 Å². The van der Waals surface area contributed by atoms with Gasteiger partial charge in [-0.2, -0.15) is 13.2 Å². The number of halogens is 5. The predicted octanol–water partition coefficient (Wildman–Crippen LogP) is 6.98. The monoisotopic (exact) mass is 534 g/mol. The van der Waals surface area contributed by atoms with E-state index in [2.05, 4.69) is 5.32 Å². The third-order valence-corrected chi connectivity index (χ3v) is 6.32. The second-order valence-electron chi connectivity index (χ2n) is 9.60. The minimum Gasteiger partial charge on any atom is -0.456 e. The van der Waals surface area contributed by atoms with Crippen LogP contribution in [0.4, 0.5) is 27.6 Å². The van der Waals surface area contributed by atoms with Crippen molar-refractivity contribution < 1.29 is 36.6 Å². The van der Waals surface area contributed by atoms with Crippen LogP contribution in [0.25, 0.3) is 0 Å². The molecule has 38 heavy (non-hydrogen) atoms. The van der Waals surface area contributed by atoms with Gasteiger partial charge in [-0.25, -0.2) is 8.78 Å². The van der Waals surface area contributed by atoms with Crippen molar-refractivity contribution in [1.82, 2.24) is 0 Å². The highest BCUT2D eigenvalue weighted by atomic mass is 19.4. The molecule has 1 amide bonds. The molecule has 1 fully saturated rings. The number of anilines is 1. The van der Waals surface area contributed by atoms with Gasteiger partial charge in [-0.05, 0) is 98.7 Å². The molecule has 2 atom stereocenters. The van der Waals surface area contributed by atoms with E-state index in [4.69, 9.17) is 10.5 Å². The first-order valence-corrected chi connectivity index (χ1v) is 12.1. The van der Waals surface area contributed by atoms with Crippen molar-refractivity contribution in [2.75, 3.05) is 5.32 Å². The summed E-state index contributed by atoms with van der Waals surface area (Å²) < 4.78 is 75.7. The van der Waals surface area contributed by atoms with Gasteiger partial charge in [0.2, 0.25) is 0 Å². The number of aryl methyl sites for hydroxylation is 1. The van der Waals surface area contributed by atoms with E-state index in [0.29, 0.717) is 18.4 Å². The molecule has 202 valence electrons. The summed E-state index contributed by atoms with van der Waals surface area (Å²) in [7, 11) is 0. The van der Waals surface area contributed by atoms with E-state index in [1.807, 2.05) is 0 Å². The summed E-state index contributed by atoms with van der Waals surface area (Å²) in [6.07, 6.45) is -4.30. The number of carbonyl (C=O) groups is 1. The van der Waals surface area contributed by atoms with E-state index in [-0.39, 0.29) is 40.7 Å². The van der Waals surface area contributed by atoms with Crippen molar-refractivity contribution >= 4 is 11.6 Å². The largest absolute Gasteiger partial charge is 0.456 e. The zero-order chi connectivity index (χ0) is 27.8. The van der Waals surface area contributed by atoms with E-state index in [0.717, 1.165) is 18.2 Å². The number of hydrogen-bond acceptors (Lipinski definition) is 4. The quantitative estimate of drug-likeness (QED) is 0.272. The van der Waals surface area contributed by atoms with E-state index in [1.54, 1.807) is 6.92 Å². The van der Waals surface area contributed by atoms with E-state index < -0.39 is 47.0 Å². The first-order chi connectivity index (χ1) is 17.8. The van der Waals surface area contributed by atoms with Gasteiger partial charge in [0.25, 0.3) is 5.91 Å². The molecule has 10 heteroatoms. The summed E-state index contributed by atoms with van der Waals surface area (Å²) >= 11 is 0. The molecule has 1 aliphatic carbocycles. The zero-order valence-electron chi connectivity index (χ0n) is 20.7. The average molecular weight is 535 g/mol. The topological polar surface area (TPSA) is 84.6 Å². The Hall–Kier alpha value is -3.50. The predicted molar refractivity (Wildman–Crippen MR) is 132 cm³/mol. The van der Waals surface area contributed by atoms with Gasteiger partial charge in [-0.15, -0.1) is 0 Å². The Kier molecular flexibility index (Phi) is 7.75. The van der Waals surface area contributed by atoms with E-state index in [9.17, 15) is 31.9 Å². The fourth-order valence-corrected chi connectivity index (χ4v) is 4.28. The number of aliphatic hydroxyl groups excluding tert-OH is 1. The van der Waals surface area contributed by atoms with Crippen LogP contribution in [-0.4, -0.2) is 17.1 Å². The number of hydrogen-bond donors (Lipinski definition) is 3. The van der Waals surface area contributed by atoms with Gasteiger partial charge >= 0.3 is 6.18 Å². The lowest BCUT2D eigenvalue weighted by Crippen LogP contribution is -2.19. The maximum absolute atomic E-state index is 14.4. The van der Waals surface area contributed by atoms with Crippen LogP contribution in [-0.2, 0) is 6.18 Å². The maximum atomic E-state index is 14.4. The number of nitrogens with two attached hydrogens (primary N) is 1. The smallest absolute Gasteiger partial charge is 0.416 e. The first kappa shape index (κ1) is 27.5. The number of aliphatic hydroxyl groups is 1. The summed E-state index contributed by atoms with van der Waals surface area (Å²) in [5.41, 5.74) is 5.18. The molecule has 0 bridgehead atoms. The van der Waals surface area contributed by atoms with Gasteiger partial charge < -0.3 is 20.9 Å². The summed E-state index contributed by atoms with van der Waals surface area (Å²) in [5.74, 6) is -2.35. The van der Waals surface area contributed by atoms with Crippen LogP contribution in [0.3, 0.4) is 0 Å². The number of carbonyl (C=O) groups excluding carboxylic acids is 1. The first-order valence-electron chi connectivity index (χ1n) is 12.1. The van der Waals surface area contributed by atoms with Gasteiger partial charge in [-0.3, -0.25) is 4.79 Å². The van der Waals surface area contributed by atoms with E-state index in [1.165, 1.54) is 37.3 Å². The number of ether oxygens (including phenoxy) is 1. The molecular formula is C28H27F5N2O3. The normalized spacial score (nSPS) is 15.2. The number of rotatable bonds is 8. The van der Waals surface area contributed by atoms with Gasteiger partial charge in [0.15, 0.2) is 0 Å². The summed E-state index contributed by atoms with van der Waals surface area (Å²) in [5, 5.41) is 12.1. The van der Waals surface area contributed by atoms with Crippen LogP contribution in [0.1, 0.15) is 70.8 Å². The molecule has 4 rings (SSSR count). The molecule has 1 saturated carbocycles. The second kappa shape index (κ2) is 10.7. The van der Waals surface area contributed by atoms with Crippen LogP contribution < -0.4 is 15.8 Å². The lowest BCUT2D eigenvalue weighted by Gasteiger charge is -2.19. The maximum Gasteiger partial charge on any atom is 0.416 e. The molecule has 0 heterocycles. The van der Waals surface area contributed by atoms with Gasteiger partial charge in [0, 0.05) is 17.3 Å². The molecule has 4 N–H and O–H groups in total. The fraction of sp³-hybridized carbons (Fsp3) is 0.321. The number of benzene rings is 3. The molecule has 0 aliphatic heterocycles. The Morgan fingerprint density at radius 1 is 1.11 bits per heavy atom. The van der Waals surface area contributed by atoms with Crippen molar-refractivity contribution in [1.29, 1.82) is 0 Å². The van der Waals surface area contributed by atoms with Crippen LogP contribution >= 0.6 is 0 Å². The second-order valence-corrected chi connectivity index (χ2v) is 9.60. The molecule has 5 nitrogen and oxygen atoms in total. The third-order valence-electron chi connectivity index (χ3n) is 6.32. The summed E-state index contributed by atoms with van der Waals surface area (Å²) in [6.45, 7) is 3.07. The van der Waals surface area contributed by atoms with Crippen molar-refractivity contribution in [2.45, 2.75) is 57.3 Å². The van der Waals surface area contributed by atoms with Crippen LogP contribution in [0.2, 0.25) is 0 Å². The molecule has 0 radical (unpaired) electrons. The molecule has 3 aromatic rings. The molecule has 0 spiro atoms. The molecule has 2 unspecified atom stereocenters. The number of alkyl halides is 3. The van der Waals surface area contributed by atoms with Crippen LogP contribution in [0, 0.1) is 18.6 Å². The highest BCUT2D eigenvalue weighted by molar-refractivity contribution is 6.06. The third kappa shape index (κ3) is 6.31. The number of amides is 1. The standard InChI is InChI=1S/C28H27F5N2O3/c1-14-9-17(29)5-8-25(14)38-26-13-19(16-3-4-16)22(28(31,32)33)12-21(26)27(37)35-18-6-7-23(30)20(11-18)24(34)10-15(2)36/h5-9,11-13,15-16,24,36H,3-4,10,34H2,1-2H3,(H,35,37). The minimum absolute atomic E-state index is 0.0250. The van der Waals surface area contributed by atoms with E-state index >= 15 is 0 Å². The Balaban J connectivity index is 1.74. The Bertz CT molecular complexity index is 1350. The molecule has 1 aliphatic rings. The Morgan fingerprint density at radius 3 is 2.42 bits per heavy atom. The highest BCUT2D eigenvalue weighted by Crippen LogP contribution is 2.48. The van der Waals surface area contributed by atoms with Gasteiger partial charge in [0.1, 0.15) is 23.1 Å². The number of nitrogens with one attached hydrogen (secondary N) is 1. The van der Waals surface area contributed by atoms with Gasteiger partial charge in [-0.1, -0.05) is 0 Å². The molecule has 0 saturated heterocycles. The Morgan fingerprint density at radius 2 is 1.82 bits per heavy atom. The van der Waals surface area contributed by atoms with Crippen molar-refractivity contribution in [3.05, 3.63) is 88.0 Å². The fourth-order valence-electron chi connectivity index (χ4n) is 4.28. The van der Waals surface area contributed by atoms with Crippen molar-refractivity contribution in [2.24, 2.45) is 5.73 Å². The average Bonchev–Trinajstić information content (AvgIpc) is 3.66. The molecule has 3 aromatic carbocycles. The Labute approximate surface area is 216 Å². The van der Waals surface area contributed by atoms with Crippen molar-refractivity contribution in [3.8, 4) is 11.5 Å². The zero-order valence-corrected chi connectivity index (χ0v) is 20.7. The lowest BCUT2D eigenvalue weighted by atomic mass is 9.98. The lowest BCUT2D eigenvalue weighted by molar-refractivity contribution is -0.138. The van der Waals surface area contributed by atoms with Gasteiger partial charge in [0.05, 0.1) is 17.2 Å². The summed E-state index contributed by atoms with van der Waals surface area (Å²) in [4.78, 5) is 13.3. The minimum atomic E-state index is -4.71. The molecule has 0 aromatic heterocycles. The highest BCUT2D eigenvalue weighted by Gasteiger charge is 2.40. The SMILES string of the molecule is Cc1cc(F)ccc1Oc1cc(C2CC2)c(C(F)(F)F)cc1C(=O)Nc1ccc(F)c(C(N)CC(C)O)c1. The van der Waals surface area contributed by atoms with Crippen molar-refractivity contribution in [3.63, 3.8) is 0 Å². The summed E-state index contributed by atoms with van der Waals surface area (Å²) in [6, 6.07) is 8.37. The molecular weight excluding hydrogens is 507 g/mol. The van der Waals surface area contributed by atoms with Crippen LogP contribution in [0.15, 0.2) is 48.5 Å².